The number of ether oxygens (including phenoxy) is 3. The summed E-state index contributed by atoms with van der Waals surface area (Å²) < 4.78 is 18.3. The average molecular weight is 560 g/mol. The molecule has 0 aliphatic carbocycles. The molecule has 1 aromatic heterocycles. The highest BCUT2D eigenvalue weighted by molar-refractivity contribution is 5.93. The third-order valence-corrected chi connectivity index (χ3v) is 6.91. The summed E-state index contributed by atoms with van der Waals surface area (Å²) in [5.74, 6) is -3.47. The Morgan fingerprint density at radius 3 is 2.40 bits per heavy atom. The standard InChI is InChI=1S/C27H33N3O10/c1-3-15-6-16(8-17(7-15)12-39-27(37)19-4-5-20(32)24(35)23(19)34)11-38-13-18-9-28-29-30(18)26-25(36)22(33)14(2)21(10-31)40-26/h4-9,14,21-22,25-26,31-36H,3,10-13H2,1-2H3. The van der Waals surface area contributed by atoms with Crippen molar-refractivity contribution in [1.82, 2.24) is 15.0 Å². The van der Waals surface area contributed by atoms with Crippen molar-refractivity contribution in [3.05, 3.63) is 64.5 Å². The number of carbonyl (C=O) groups excluding carboxylic acids is 1. The second-order valence-corrected chi connectivity index (χ2v) is 9.67. The van der Waals surface area contributed by atoms with Crippen LogP contribution in [0.2, 0.25) is 0 Å². The molecule has 40 heavy (non-hydrogen) atoms. The Hall–Kier alpha value is -3.75. The number of aliphatic hydroxyl groups excluding tert-OH is 3. The molecule has 0 spiro atoms. The van der Waals surface area contributed by atoms with E-state index in [2.05, 4.69) is 10.3 Å². The molecule has 0 bridgehead atoms. The highest BCUT2D eigenvalue weighted by Gasteiger charge is 2.43. The number of benzene rings is 2. The Kier molecular flexibility index (Phi) is 9.22. The van der Waals surface area contributed by atoms with Crippen molar-refractivity contribution < 1.29 is 49.6 Å². The molecule has 5 unspecified atom stereocenters. The predicted octanol–water partition coefficient (Wildman–Crippen LogP) is 1.28. The zero-order valence-corrected chi connectivity index (χ0v) is 22.0. The molecule has 1 fully saturated rings. The number of nitrogens with zero attached hydrogens (tertiary/aromatic N) is 3. The molecule has 0 radical (unpaired) electrons. The molecule has 1 saturated heterocycles. The molecule has 0 amide bonds. The first kappa shape index (κ1) is 29.2. The average Bonchev–Trinajstić information content (AvgIpc) is 3.41. The summed E-state index contributed by atoms with van der Waals surface area (Å²) in [5.41, 5.74) is 2.65. The van der Waals surface area contributed by atoms with E-state index in [-0.39, 0.29) is 32.0 Å². The lowest BCUT2D eigenvalue weighted by Crippen LogP contribution is -2.52. The van der Waals surface area contributed by atoms with Gasteiger partial charge in [0.05, 0.1) is 43.9 Å². The summed E-state index contributed by atoms with van der Waals surface area (Å²) in [6.07, 6.45) is -1.97. The number of phenols is 3. The van der Waals surface area contributed by atoms with Crippen LogP contribution in [0.15, 0.2) is 36.5 Å². The monoisotopic (exact) mass is 559 g/mol. The third-order valence-electron chi connectivity index (χ3n) is 6.91. The van der Waals surface area contributed by atoms with Crippen molar-refractivity contribution in [2.75, 3.05) is 6.61 Å². The van der Waals surface area contributed by atoms with E-state index in [0.717, 1.165) is 23.3 Å². The van der Waals surface area contributed by atoms with E-state index in [4.69, 9.17) is 14.2 Å². The lowest BCUT2D eigenvalue weighted by Gasteiger charge is -2.41. The minimum absolute atomic E-state index is 0.0549. The zero-order chi connectivity index (χ0) is 29.0. The lowest BCUT2D eigenvalue weighted by atomic mass is 9.90. The molecule has 216 valence electrons. The maximum absolute atomic E-state index is 12.4. The molecule has 2 heterocycles. The summed E-state index contributed by atoms with van der Waals surface area (Å²) in [7, 11) is 0. The maximum Gasteiger partial charge on any atom is 0.342 e. The van der Waals surface area contributed by atoms with E-state index in [0.29, 0.717) is 17.7 Å². The van der Waals surface area contributed by atoms with Gasteiger partial charge in [-0.1, -0.05) is 37.3 Å². The van der Waals surface area contributed by atoms with Crippen molar-refractivity contribution in [1.29, 1.82) is 0 Å². The van der Waals surface area contributed by atoms with Gasteiger partial charge in [-0.2, -0.15) is 0 Å². The van der Waals surface area contributed by atoms with E-state index in [1.54, 1.807) is 13.0 Å². The first-order chi connectivity index (χ1) is 19.1. The molecule has 5 atom stereocenters. The van der Waals surface area contributed by atoms with Gasteiger partial charge < -0.3 is 44.8 Å². The Bertz CT molecular complexity index is 1330. The van der Waals surface area contributed by atoms with E-state index in [1.807, 2.05) is 19.1 Å². The topological polar surface area (TPSA) is 197 Å². The number of hydrogen-bond acceptors (Lipinski definition) is 12. The number of aromatic nitrogens is 3. The van der Waals surface area contributed by atoms with E-state index in [1.165, 1.54) is 10.9 Å². The van der Waals surface area contributed by atoms with Crippen LogP contribution >= 0.6 is 0 Å². The molecular formula is C27H33N3O10. The second kappa shape index (κ2) is 12.6. The largest absolute Gasteiger partial charge is 0.504 e. The Morgan fingerprint density at radius 2 is 1.70 bits per heavy atom. The van der Waals surface area contributed by atoms with Crippen molar-refractivity contribution in [2.24, 2.45) is 5.92 Å². The van der Waals surface area contributed by atoms with Crippen LogP contribution in [0.5, 0.6) is 17.2 Å². The van der Waals surface area contributed by atoms with Gasteiger partial charge in [-0.15, -0.1) is 5.10 Å². The number of aryl methyl sites for hydroxylation is 1. The maximum atomic E-state index is 12.4. The van der Waals surface area contributed by atoms with E-state index >= 15 is 0 Å². The third kappa shape index (κ3) is 6.18. The number of hydrogen-bond donors (Lipinski definition) is 6. The van der Waals surface area contributed by atoms with Crippen LogP contribution in [-0.2, 0) is 40.5 Å². The van der Waals surface area contributed by atoms with Gasteiger partial charge in [0, 0.05) is 5.92 Å². The van der Waals surface area contributed by atoms with Gasteiger partial charge in [-0.25, -0.2) is 9.48 Å². The van der Waals surface area contributed by atoms with E-state index in [9.17, 15) is 35.4 Å². The molecule has 1 aliphatic heterocycles. The Morgan fingerprint density at radius 1 is 1.00 bits per heavy atom. The van der Waals surface area contributed by atoms with Gasteiger partial charge in [-0.3, -0.25) is 0 Å². The van der Waals surface area contributed by atoms with Gasteiger partial charge in [0.15, 0.2) is 17.7 Å². The second-order valence-electron chi connectivity index (χ2n) is 9.67. The first-order valence-electron chi connectivity index (χ1n) is 12.8. The fourth-order valence-electron chi connectivity index (χ4n) is 4.52. The van der Waals surface area contributed by atoms with Gasteiger partial charge in [-0.05, 0) is 35.2 Å². The molecule has 4 rings (SSSR count). The molecule has 0 saturated carbocycles. The summed E-state index contributed by atoms with van der Waals surface area (Å²) in [4.78, 5) is 12.4. The van der Waals surface area contributed by atoms with Crippen LogP contribution in [-0.4, -0.2) is 76.5 Å². The van der Waals surface area contributed by atoms with Crippen LogP contribution in [0.1, 0.15) is 52.8 Å². The normalized spacial score (nSPS) is 22.8. The van der Waals surface area contributed by atoms with Gasteiger partial charge >= 0.3 is 5.97 Å². The summed E-state index contributed by atoms with van der Waals surface area (Å²) in [5, 5.41) is 67.4. The van der Waals surface area contributed by atoms with Crippen LogP contribution in [0.25, 0.3) is 0 Å². The van der Waals surface area contributed by atoms with E-state index < -0.39 is 53.7 Å². The van der Waals surface area contributed by atoms with Crippen LogP contribution in [0.4, 0.5) is 0 Å². The van der Waals surface area contributed by atoms with Gasteiger partial charge in [0.2, 0.25) is 5.75 Å². The number of esters is 1. The quantitative estimate of drug-likeness (QED) is 0.154. The molecule has 13 nitrogen and oxygen atoms in total. The van der Waals surface area contributed by atoms with Crippen LogP contribution in [0, 0.1) is 5.92 Å². The smallest absolute Gasteiger partial charge is 0.342 e. The van der Waals surface area contributed by atoms with Crippen LogP contribution in [0.3, 0.4) is 0 Å². The molecular weight excluding hydrogens is 526 g/mol. The summed E-state index contributed by atoms with van der Waals surface area (Å²) in [6.45, 7) is 3.45. The molecule has 13 heteroatoms. The highest BCUT2D eigenvalue weighted by Crippen LogP contribution is 2.37. The van der Waals surface area contributed by atoms with Crippen molar-refractivity contribution in [2.45, 2.75) is 64.6 Å². The first-order valence-corrected chi connectivity index (χ1v) is 12.8. The van der Waals surface area contributed by atoms with Crippen molar-refractivity contribution in [3.63, 3.8) is 0 Å². The van der Waals surface area contributed by atoms with Gasteiger partial charge in [0.1, 0.15) is 18.3 Å². The summed E-state index contributed by atoms with van der Waals surface area (Å²) in [6, 6.07) is 7.84. The minimum Gasteiger partial charge on any atom is -0.504 e. The Labute approximate surface area is 229 Å². The number of aliphatic hydroxyl groups is 3. The lowest BCUT2D eigenvalue weighted by molar-refractivity contribution is -0.234. The number of phenolic OH excluding ortho intramolecular Hbond substituents is 3. The van der Waals surface area contributed by atoms with Crippen LogP contribution < -0.4 is 0 Å². The molecule has 3 aromatic rings. The number of carbonyl (C=O) groups is 1. The fraction of sp³-hybridized carbons (Fsp3) is 0.444. The minimum atomic E-state index is -1.28. The highest BCUT2D eigenvalue weighted by atomic mass is 16.5. The van der Waals surface area contributed by atoms with Crippen molar-refractivity contribution in [3.8, 4) is 17.2 Å². The Balaban J connectivity index is 1.40. The molecule has 2 aromatic carbocycles. The SMILES string of the molecule is CCc1cc(COCc2cnnn2C2OC(CO)C(C)C(O)C2O)cc(COC(=O)c2ccc(O)c(O)c2O)c1. The van der Waals surface area contributed by atoms with Gasteiger partial charge in [0.25, 0.3) is 0 Å². The molecule has 1 aliphatic rings. The summed E-state index contributed by atoms with van der Waals surface area (Å²) >= 11 is 0. The van der Waals surface area contributed by atoms with Crippen molar-refractivity contribution >= 4 is 5.97 Å². The fourth-order valence-corrected chi connectivity index (χ4v) is 4.52. The predicted molar refractivity (Wildman–Crippen MR) is 137 cm³/mol. The number of rotatable bonds is 10. The molecule has 6 N–H and O–H groups in total. The number of aromatic hydroxyl groups is 3. The zero-order valence-electron chi connectivity index (χ0n) is 22.0.